The van der Waals surface area contributed by atoms with Gasteiger partial charge in [0.1, 0.15) is 5.82 Å². The van der Waals surface area contributed by atoms with Gasteiger partial charge in [-0.3, -0.25) is 4.79 Å². The maximum Gasteiger partial charge on any atom is 0.289 e. The highest BCUT2D eigenvalue weighted by atomic mass is 79.9. The standard InChI is InChI=1S/C23H26BrN3O2/c1-16(2)18-5-3-17(4-6-18)15-27-14-11-25-22(27)19-9-12-26(13-10-19)23(28)20-7-8-21(24)29-20/h3-8,11,14,16,19H,9-10,12-13,15H2,1-2H3. The van der Waals surface area contributed by atoms with E-state index in [1.54, 1.807) is 12.1 Å². The van der Waals surface area contributed by atoms with E-state index in [2.05, 4.69) is 69.8 Å². The Morgan fingerprint density at radius 3 is 2.52 bits per heavy atom. The summed E-state index contributed by atoms with van der Waals surface area (Å²) in [5.41, 5.74) is 2.64. The predicted molar refractivity (Wildman–Crippen MR) is 116 cm³/mol. The molecule has 5 nitrogen and oxygen atoms in total. The number of amides is 1. The van der Waals surface area contributed by atoms with Crippen molar-refractivity contribution in [1.82, 2.24) is 14.5 Å². The number of rotatable bonds is 5. The van der Waals surface area contributed by atoms with Crippen LogP contribution in [0.4, 0.5) is 0 Å². The average Bonchev–Trinajstić information content (AvgIpc) is 3.37. The second-order valence-electron chi connectivity index (χ2n) is 7.98. The summed E-state index contributed by atoms with van der Waals surface area (Å²) in [6, 6.07) is 12.3. The molecule has 6 heteroatoms. The summed E-state index contributed by atoms with van der Waals surface area (Å²) in [6.45, 7) is 6.69. The number of aromatic nitrogens is 2. The molecule has 0 aliphatic carbocycles. The summed E-state index contributed by atoms with van der Waals surface area (Å²) in [6.07, 6.45) is 5.77. The maximum atomic E-state index is 12.6. The number of imidazole rings is 1. The molecule has 3 heterocycles. The van der Waals surface area contributed by atoms with E-state index < -0.39 is 0 Å². The van der Waals surface area contributed by atoms with Crippen molar-refractivity contribution in [3.8, 4) is 0 Å². The Labute approximate surface area is 179 Å². The van der Waals surface area contributed by atoms with E-state index in [0.717, 1.165) is 38.3 Å². The molecule has 1 aromatic carbocycles. The molecule has 1 amide bonds. The van der Waals surface area contributed by atoms with Crippen molar-refractivity contribution in [3.05, 3.63) is 76.2 Å². The minimum atomic E-state index is -0.0391. The van der Waals surface area contributed by atoms with Crippen LogP contribution in [0.1, 0.15) is 66.0 Å². The normalized spacial score (nSPS) is 15.2. The minimum absolute atomic E-state index is 0.0391. The van der Waals surface area contributed by atoms with Crippen molar-refractivity contribution in [2.75, 3.05) is 13.1 Å². The molecule has 2 aromatic heterocycles. The zero-order valence-electron chi connectivity index (χ0n) is 16.8. The van der Waals surface area contributed by atoms with Crippen LogP contribution in [0, 0.1) is 0 Å². The van der Waals surface area contributed by atoms with E-state index in [0.29, 0.717) is 22.3 Å². The zero-order chi connectivity index (χ0) is 20.4. The highest BCUT2D eigenvalue weighted by Crippen LogP contribution is 2.29. The van der Waals surface area contributed by atoms with Crippen LogP contribution in [0.15, 0.2) is 57.9 Å². The van der Waals surface area contributed by atoms with Gasteiger partial charge in [0.2, 0.25) is 0 Å². The molecule has 0 N–H and O–H groups in total. The predicted octanol–water partition coefficient (Wildman–Crippen LogP) is 5.43. The molecule has 1 saturated heterocycles. The van der Waals surface area contributed by atoms with Crippen LogP contribution < -0.4 is 0 Å². The summed E-state index contributed by atoms with van der Waals surface area (Å²) < 4.78 is 8.24. The molecule has 0 radical (unpaired) electrons. The number of halogens is 1. The fraction of sp³-hybridized carbons (Fsp3) is 0.391. The molecule has 1 aliphatic rings. The lowest BCUT2D eigenvalue weighted by Gasteiger charge is -2.31. The number of hydrogen-bond donors (Lipinski definition) is 0. The number of nitrogens with zero attached hydrogens (tertiary/aromatic N) is 3. The van der Waals surface area contributed by atoms with Crippen molar-refractivity contribution >= 4 is 21.8 Å². The van der Waals surface area contributed by atoms with Crippen molar-refractivity contribution in [3.63, 3.8) is 0 Å². The molecule has 29 heavy (non-hydrogen) atoms. The molecule has 152 valence electrons. The zero-order valence-corrected chi connectivity index (χ0v) is 18.4. The molecule has 0 bridgehead atoms. The van der Waals surface area contributed by atoms with E-state index in [1.807, 2.05) is 11.1 Å². The van der Waals surface area contributed by atoms with Crippen LogP contribution in [0.2, 0.25) is 0 Å². The Hall–Kier alpha value is -2.34. The third-order valence-corrected chi connectivity index (χ3v) is 6.10. The van der Waals surface area contributed by atoms with Gasteiger partial charge in [0.15, 0.2) is 10.4 Å². The molecule has 0 atom stereocenters. The fourth-order valence-electron chi connectivity index (χ4n) is 3.94. The number of carbonyl (C=O) groups excluding carboxylic acids is 1. The topological polar surface area (TPSA) is 51.3 Å². The lowest BCUT2D eigenvalue weighted by atomic mass is 9.95. The van der Waals surface area contributed by atoms with E-state index in [1.165, 1.54) is 11.1 Å². The van der Waals surface area contributed by atoms with Gasteiger partial charge in [-0.15, -0.1) is 0 Å². The van der Waals surface area contributed by atoms with Gasteiger partial charge in [0.05, 0.1) is 0 Å². The average molecular weight is 456 g/mol. The van der Waals surface area contributed by atoms with Crippen molar-refractivity contribution in [2.24, 2.45) is 0 Å². The first-order valence-corrected chi connectivity index (χ1v) is 10.9. The van der Waals surface area contributed by atoms with Gasteiger partial charge in [0.25, 0.3) is 5.91 Å². The van der Waals surface area contributed by atoms with Crippen LogP contribution in [-0.2, 0) is 6.54 Å². The largest absolute Gasteiger partial charge is 0.444 e. The first kappa shape index (κ1) is 20.0. The Balaban J connectivity index is 1.39. The second-order valence-corrected chi connectivity index (χ2v) is 8.76. The first-order valence-electron chi connectivity index (χ1n) is 10.2. The van der Waals surface area contributed by atoms with Gasteiger partial charge in [0, 0.05) is 37.9 Å². The number of benzene rings is 1. The molecule has 4 rings (SSSR count). The van der Waals surface area contributed by atoms with Crippen LogP contribution in [0.5, 0.6) is 0 Å². The highest BCUT2D eigenvalue weighted by molar-refractivity contribution is 9.10. The van der Waals surface area contributed by atoms with Crippen LogP contribution in [0.3, 0.4) is 0 Å². The third-order valence-electron chi connectivity index (χ3n) is 5.68. The van der Waals surface area contributed by atoms with Crippen LogP contribution >= 0.6 is 15.9 Å². The molecule has 0 saturated carbocycles. The minimum Gasteiger partial charge on any atom is -0.444 e. The molecule has 0 spiro atoms. The van der Waals surface area contributed by atoms with Gasteiger partial charge in [-0.2, -0.15) is 0 Å². The van der Waals surface area contributed by atoms with Gasteiger partial charge in [-0.05, 0) is 57.9 Å². The molecular weight excluding hydrogens is 430 g/mol. The van der Waals surface area contributed by atoms with Gasteiger partial charge in [-0.25, -0.2) is 4.98 Å². The van der Waals surface area contributed by atoms with E-state index in [-0.39, 0.29) is 5.91 Å². The smallest absolute Gasteiger partial charge is 0.289 e. The third kappa shape index (κ3) is 4.47. The molecule has 1 fully saturated rings. The lowest BCUT2D eigenvalue weighted by Crippen LogP contribution is -2.38. The number of hydrogen-bond acceptors (Lipinski definition) is 3. The number of carbonyl (C=O) groups is 1. The van der Waals surface area contributed by atoms with Crippen molar-refractivity contribution in [2.45, 2.75) is 45.1 Å². The van der Waals surface area contributed by atoms with E-state index in [9.17, 15) is 4.79 Å². The fourth-order valence-corrected chi connectivity index (χ4v) is 4.25. The molecular formula is C23H26BrN3O2. The van der Waals surface area contributed by atoms with E-state index >= 15 is 0 Å². The summed E-state index contributed by atoms with van der Waals surface area (Å²) >= 11 is 3.26. The summed E-state index contributed by atoms with van der Waals surface area (Å²) in [7, 11) is 0. The molecule has 0 unspecified atom stereocenters. The molecule has 1 aliphatic heterocycles. The molecule has 3 aromatic rings. The number of furan rings is 1. The Morgan fingerprint density at radius 1 is 1.17 bits per heavy atom. The van der Waals surface area contributed by atoms with E-state index in [4.69, 9.17) is 4.42 Å². The van der Waals surface area contributed by atoms with Gasteiger partial charge >= 0.3 is 0 Å². The summed E-state index contributed by atoms with van der Waals surface area (Å²) in [5, 5.41) is 0. The lowest BCUT2D eigenvalue weighted by molar-refractivity contribution is 0.0677. The Morgan fingerprint density at radius 2 is 1.90 bits per heavy atom. The highest BCUT2D eigenvalue weighted by Gasteiger charge is 2.28. The summed E-state index contributed by atoms with van der Waals surface area (Å²) in [4.78, 5) is 19.1. The van der Waals surface area contributed by atoms with Gasteiger partial charge in [-0.1, -0.05) is 38.1 Å². The number of piperidine rings is 1. The van der Waals surface area contributed by atoms with Crippen LogP contribution in [-0.4, -0.2) is 33.4 Å². The Kier molecular flexibility index (Phi) is 5.90. The van der Waals surface area contributed by atoms with Gasteiger partial charge < -0.3 is 13.9 Å². The second kappa shape index (κ2) is 8.57. The van der Waals surface area contributed by atoms with Crippen molar-refractivity contribution in [1.29, 1.82) is 0 Å². The van der Waals surface area contributed by atoms with Crippen LogP contribution in [0.25, 0.3) is 0 Å². The monoisotopic (exact) mass is 455 g/mol. The summed E-state index contributed by atoms with van der Waals surface area (Å²) in [5.74, 6) is 2.38. The SMILES string of the molecule is CC(C)c1ccc(Cn2ccnc2C2CCN(C(=O)c3ccc(Br)o3)CC2)cc1. The van der Waals surface area contributed by atoms with Crippen molar-refractivity contribution < 1.29 is 9.21 Å². The maximum absolute atomic E-state index is 12.6. The quantitative estimate of drug-likeness (QED) is 0.515. The number of likely N-dealkylation sites (tertiary alicyclic amines) is 1. The first-order chi connectivity index (χ1) is 14.0. The Bertz CT molecular complexity index is 966.